The second-order valence-electron chi connectivity index (χ2n) is 4.22. The van der Waals surface area contributed by atoms with Crippen molar-refractivity contribution in [1.82, 2.24) is 14.5 Å². The summed E-state index contributed by atoms with van der Waals surface area (Å²) in [6.07, 6.45) is 3.53. The molecule has 18 heavy (non-hydrogen) atoms. The molecule has 1 aliphatic heterocycles. The summed E-state index contributed by atoms with van der Waals surface area (Å²) in [6, 6.07) is 0. The minimum absolute atomic E-state index is 0.0338. The summed E-state index contributed by atoms with van der Waals surface area (Å²) in [4.78, 5) is 7.80. The molecule has 0 bridgehead atoms. The van der Waals surface area contributed by atoms with E-state index in [1.54, 1.807) is 4.57 Å². The molecular formula is C11H11ClFN3O2. The Balaban J connectivity index is 2.06. The van der Waals surface area contributed by atoms with Crippen molar-refractivity contribution in [3.05, 3.63) is 23.5 Å². The third-order valence-electron chi connectivity index (χ3n) is 3.12. The molecule has 0 radical (unpaired) electrons. The molecule has 3 rings (SSSR count). The van der Waals surface area contributed by atoms with Crippen LogP contribution in [0.15, 0.2) is 12.5 Å². The van der Waals surface area contributed by atoms with E-state index in [0.717, 1.165) is 6.42 Å². The van der Waals surface area contributed by atoms with Crippen LogP contribution in [0.2, 0.25) is 5.15 Å². The Bertz CT molecular complexity index is 589. The maximum atomic E-state index is 13.8. The molecule has 0 aliphatic carbocycles. The lowest BCUT2D eigenvalue weighted by molar-refractivity contribution is -0.0206. The van der Waals surface area contributed by atoms with Crippen molar-refractivity contribution >= 4 is 22.6 Å². The number of fused-ring (bicyclic) bond motifs is 1. The van der Waals surface area contributed by atoms with Gasteiger partial charge in [-0.1, -0.05) is 11.6 Å². The molecule has 0 spiro atoms. The van der Waals surface area contributed by atoms with Crippen LogP contribution in [0.5, 0.6) is 0 Å². The van der Waals surface area contributed by atoms with E-state index in [4.69, 9.17) is 21.4 Å². The number of aliphatic hydroxyl groups excluding tert-OH is 1. The van der Waals surface area contributed by atoms with Gasteiger partial charge in [0.25, 0.3) is 0 Å². The van der Waals surface area contributed by atoms with E-state index in [0.29, 0.717) is 12.1 Å². The van der Waals surface area contributed by atoms with Crippen LogP contribution in [0.25, 0.3) is 11.0 Å². The van der Waals surface area contributed by atoms with E-state index in [1.165, 1.54) is 12.5 Å². The lowest BCUT2D eigenvalue weighted by atomic mass is 10.2. The van der Waals surface area contributed by atoms with Crippen LogP contribution >= 0.6 is 11.6 Å². The van der Waals surface area contributed by atoms with Crippen LogP contribution in [0.1, 0.15) is 19.1 Å². The van der Waals surface area contributed by atoms with Gasteiger partial charge in [0, 0.05) is 6.20 Å². The predicted molar refractivity (Wildman–Crippen MR) is 62.7 cm³/mol. The largest absolute Gasteiger partial charge is 0.394 e. The zero-order valence-electron chi connectivity index (χ0n) is 9.38. The van der Waals surface area contributed by atoms with Crippen molar-refractivity contribution in [1.29, 1.82) is 0 Å². The fourth-order valence-electron chi connectivity index (χ4n) is 2.25. The van der Waals surface area contributed by atoms with Crippen LogP contribution in [-0.2, 0) is 4.74 Å². The minimum atomic E-state index is -0.466. The van der Waals surface area contributed by atoms with Crippen LogP contribution in [0.3, 0.4) is 0 Å². The van der Waals surface area contributed by atoms with Gasteiger partial charge in [0.05, 0.1) is 18.1 Å². The summed E-state index contributed by atoms with van der Waals surface area (Å²) in [5.41, 5.74) is 0.413. The normalized spacial score (nSPS) is 23.9. The number of hydrogen-bond donors (Lipinski definition) is 1. The van der Waals surface area contributed by atoms with Gasteiger partial charge in [0.1, 0.15) is 23.4 Å². The maximum Gasteiger partial charge on any atom is 0.153 e. The number of nitrogens with zero attached hydrogens (tertiary/aromatic N) is 3. The third kappa shape index (κ3) is 1.77. The number of aromatic nitrogens is 3. The SMILES string of the molecule is OC[C@@H]1CC[C@H](n2cc(F)c3c(Cl)ncnc32)O1. The molecular weight excluding hydrogens is 261 g/mol. The summed E-state index contributed by atoms with van der Waals surface area (Å²) in [7, 11) is 0. The quantitative estimate of drug-likeness (QED) is 0.848. The number of ether oxygens (including phenoxy) is 1. The summed E-state index contributed by atoms with van der Waals surface area (Å²) in [5.74, 6) is -0.466. The molecule has 1 aliphatic rings. The monoisotopic (exact) mass is 271 g/mol. The zero-order valence-corrected chi connectivity index (χ0v) is 10.1. The zero-order chi connectivity index (χ0) is 12.7. The number of hydrogen-bond acceptors (Lipinski definition) is 4. The van der Waals surface area contributed by atoms with Crippen molar-refractivity contribution < 1.29 is 14.2 Å². The van der Waals surface area contributed by atoms with Gasteiger partial charge in [-0.25, -0.2) is 14.4 Å². The molecule has 2 atom stereocenters. The molecule has 0 saturated carbocycles. The molecule has 96 valence electrons. The van der Waals surface area contributed by atoms with E-state index < -0.39 is 5.82 Å². The molecule has 3 heterocycles. The molecule has 0 aromatic carbocycles. The first-order valence-corrected chi connectivity index (χ1v) is 6.01. The molecule has 2 aromatic rings. The standard InChI is InChI=1S/C11H11ClFN3O2/c12-10-9-7(13)3-16(11(9)15-5-14-10)8-2-1-6(4-17)18-8/h3,5-6,8,17H,1-2,4H2/t6-,8+/m0/s1. The summed E-state index contributed by atoms with van der Waals surface area (Å²) < 4.78 is 21.0. The Kier molecular flexibility index (Phi) is 2.93. The Labute approximate surface area is 107 Å². The van der Waals surface area contributed by atoms with Gasteiger partial charge in [-0.05, 0) is 12.8 Å². The van der Waals surface area contributed by atoms with Crippen molar-refractivity contribution in [2.24, 2.45) is 0 Å². The van der Waals surface area contributed by atoms with E-state index in [9.17, 15) is 4.39 Å². The van der Waals surface area contributed by atoms with E-state index in [-0.39, 0.29) is 29.5 Å². The van der Waals surface area contributed by atoms with Crippen LogP contribution in [-0.4, -0.2) is 32.4 Å². The molecule has 1 saturated heterocycles. The lowest BCUT2D eigenvalue weighted by Crippen LogP contribution is -2.14. The lowest BCUT2D eigenvalue weighted by Gasteiger charge is -2.14. The van der Waals surface area contributed by atoms with Crippen LogP contribution < -0.4 is 0 Å². The average Bonchev–Trinajstić information content (AvgIpc) is 2.94. The molecule has 1 fully saturated rings. The van der Waals surface area contributed by atoms with Gasteiger partial charge in [-0.3, -0.25) is 0 Å². The van der Waals surface area contributed by atoms with Crippen molar-refractivity contribution in [2.75, 3.05) is 6.61 Å². The van der Waals surface area contributed by atoms with E-state index in [1.807, 2.05) is 0 Å². The van der Waals surface area contributed by atoms with Gasteiger partial charge < -0.3 is 14.4 Å². The highest BCUT2D eigenvalue weighted by molar-refractivity contribution is 6.33. The van der Waals surface area contributed by atoms with Crippen LogP contribution in [0.4, 0.5) is 4.39 Å². The van der Waals surface area contributed by atoms with Gasteiger partial charge in [0.15, 0.2) is 5.82 Å². The Morgan fingerprint density at radius 3 is 3.06 bits per heavy atom. The molecule has 5 nitrogen and oxygen atoms in total. The summed E-state index contributed by atoms with van der Waals surface area (Å²) in [6.45, 7) is -0.0338. The Hall–Kier alpha value is -1.24. The topological polar surface area (TPSA) is 60.2 Å². The summed E-state index contributed by atoms with van der Waals surface area (Å²) in [5, 5.41) is 9.33. The van der Waals surface area contributed by atoms with Crippen molar-refractivity contribution in [2.45, 2.75) is 25.2 Å². The highest BCUT2D eigenvalue weighted by Gasteiger charge is 2.28. The smallest absolute Gasteiger partial charge is 0.153 e. The fraction of sp³-hybridized carbons (Fsp3) is 0.455. The first-order valence-electron chi connectivity index (χ1n) is 5.63. The maximum absolute atomic E-state index is 13.8. The highest BCUT2D eigenvalue weighted by atomic mass is 35.5. The first kappa shape index (κ1) is 11.8. The van der Waals surface area contributed by atoms with E-state index in [2.05, 4.69) is 9.97 Å². The number of halogens is 2. The molecule has 2 aromatic heterocycles. The second kappa shape index (κ2) is 4.46. The van der Waals surface area contributed by atoms with Gasteiger partial charge in [-0.15, -0.1) is 0 Å². The average molecular weight is 272 g/mol. The Morgan fingerprint density at radius 2 is 2.33 bits per heavy atom. The van der Waals surface area contributed by atoms with E-state index >= 15 is 0 Å². The van der Waals surface area contributed by atoms with Gasteiger partial charge in [0.2, 0.25) is 0 Å². The summed E-state index contributed by atoms with van der Waals surface area (Å²) >= 11 is 5.85. The van der Waals surface area contributed by atoms with Crippen molar-refractivity contribution in [3.63, 3.8) is 0 Å². The predicted octanol–water partition coefficient (Wildman–Crippen LogP) is 1.89. The minimum Gasteiger partial charge on any atom is -0.394 e. The fourth-order valence-corrected chi connectivity index (χ4v) is 2.47. The van der Waals surface area contributed by atoms with Crippen molar-refractivity contribution in [3.8, 4) is 0 Å². The second-order valence-corrected chi connectivity index (χ2v) is 4.58. The molecule has 0 unspecified atom stereocenters. The molecule has 7 heteroatoms. The molecule has 0 amide bonds. The first-order chi connectivity index (χ1) is 8.70. The Morgan fingerprint density at radius 1 is 1.50 bits per heavy atom. The highest BCUT2D eigenvalue weighted by Crippen LogP contribution is 2.33. The van der Waals surface area contributed by atoms with Gasteiger partial charge >= 0.3 is 0 Å². The third-order valence-corrected chi connectivity index (χ3v) is 3.40. The number of rotatable bonds is 2. The van der Waals surface area contributed by atoms with Gasteiger partial charge in [-0.2, -0.15) is 0 Å². The molecule has 1 N–H and O–H groups in total. The number of aliphatic hydroxyl groups is 1. The van der Waals surface area contributed by atoms with Crippen LogP contribution in [0, 0.1) is 5.82 Å².